The normalized spacial score (nSPS) is 28.2. The van der Waals surface area contributed by atoms with Gasteiger partial charge in [0.05, 0.1) is 18.9 Å². The van der Waals surface area contributed by atoms with E-state index in [0.29, 0.717) is 29.4 Å². The van der Waals surface area contributed by atoms with Crippen LogP contribution in [-0.2, 0) is 21.3 Å². The van der Waals surface area contributed by atoms with Crippen LogP contribution in [0.5, 0.6) is 0 Å². The number of ketones is 1. The lowest BCUT2D eigenvalue weighted by molar-refractivity contribution is -0.156. The Bertz CT molecular complexity index is 748. The van der Waals surface area contributed by atoms with Crippen molar-refractivity contribution in [3.63, 3.8) is 0 Å². The molecule has 0 spiro atoms. The van der Waals surface area contributed by atoms with Crippen molar-refractivity contribution in [3.05, 3.63) is 23.2 Å². The van der Waals surface area contributed by atoms with Crippen LogP contribution in [0, 0.1) is 4.77 Å². The molecule has 2 aromatic rings. The van der Waals surface area contributed by atoms with Crippen LogP contribution in [-0.4, -0.2) is 39.1 Å². The molecule has 110 valence electrons. The minimum atomic E-state index is -0.714. The van der Waals surface area contributed by atoms with E-state index >= 15 is 0 Å². The van der Waals surface area contributed by atoms with Crippen molar-refractivity contribution in [2.45, 2.75) is 24.9 Å². The molecule has 4 heterocycles. The van der Waals surface area contributed by atoms with E-state index < -0.39 is 6.29 Å². The minimum absolute atomic E-state index is 0.0687. The number of carbonyl (C=O) groups is 1. The van der Waals surface area contributed by atoms with Gasteiger partial charge >= 0.3 is 0 Å². The zero-order valence-electron chi connectivity index (χ0n) is 11.3. The molecule has 2 aliphatic rings. The van der Waals surface area contributed by atoms with Crippen LogP contribution in [0.3, 0.4) is 0 Å². The molecule has 0 unspecified atom stereocenters. The predicted molar refractivity (Wildman–Crippen MR) is 73.0 cm³/mol. The Kier molecular flexibility index (Phi) is 2.84. The van der Waals surface area contributed by atoms with Gasteiger partial charge in [-0.05, 0) is 24.4 Å². The van der Waals surface area contributed by atoms with E-state index in [0.717, 1.165) is 0 Å². The fourth-order valence-corrected chi connectivity index (χ4v) is 3.02. The summed E-state index contributed by atoms with van der Waals surface area (Å²) in [6.07, 6.45) is 0.991. The maximum atomic E-state index is 11.9. The number of hydrogen-bond acceptors (Lipinski definition) is 6. The highest BCUT2D eigenvalue weighted by Gasteiger charge is 2.45. The standard InChI is InChI=1S/C13H13N3O4S/c1-15-11(9-3-2-4-18-9)14-16(13(15)21)7-5-8(17)12-19-6-10(7)20-12/h2-4,7,10,12H,5-6H2,1H3/t7-,10-,12-/m0/s1. The van der Waals surface area contributed by atoms with E-state index in [-0.39, 0.29) is 17.9 Å². The fraction of sp³-hybridized carbons (Fsp3) is 0.462. The maximum Gasteiger partial charge on any atom is 0.218 e. The predicted octanol–water partition coefficient (Wildman–Crippen LogP) is 1.47. The monoisotopic (exact) mass is 307 g/mol. The third-order valence-corrected chi connectivity index (χ3v) is 4.33. The van der Waals surface area contributed by atoms with Crippen LogP contribution < -0.4 is 0 Å². The van der Waals surface area contributed by atoms with E-state index in [1.807, 2.05) is 13.1 Å². The molecular formula is C13H13N3O4S. The van der Waals surface area contributed by atoms with E-state index in [1.165, 1.54) is 0 Å². The number of carbonyl (C=O) groups excluding carboxylic acids is 1. The number of hydrogen-bond donors (Lipinski definition) is 0. The van der Waals surface area contributed by atoms with Crippen molar-refractivity contribution in [1.82, 2.24) is 14.3 Å². The number of Topliss-reactive ketones (excluding diaryl/α,β-unsaturated/α-hetero) is 1. The molecule has 0 amide bonds. The smallest absolute Gasteiger partial charge is 0.218 e. The number of aromatic nitrogens is 3. The van der Waals surface area contributed by atoms with Gasteiger partial charge in [-0.25, -0.2) is 4.68 Å². The van der Waals surface area contributed by atoms with Gasteiger partial charge in [0.1, 0.15) is 6.10 Å². The number of nitrogens with zero attached hydrogens (tertiary/aromatic N) is 3. The quantitative estimate of drug-likeness (QED) is 0.782. The summed E-state index contributed by atoms with van der Waals surface area (Å²) in [7, 11) is 1.82. The molecule has 0 radical (unpaired) electrons. The third-order valence-electron chi connectivity index (χ3n) is 3.87. The van der Waals surface area contributed by atoms with E-state index in [1.54, 1.807) is 21.6 Å². The Morgan fingerprint density at radius 3 is 3.10 bits per heavy atom. The highest BCUT2D eigenvalue weighted by molar-refractivity contribution is 7.71. The molecule has 7 nitrogen and oxygen atoms in total. The summed E-state index contributed by atoms with van der Waals surface area (Å²) >= 11 is 5.44. The first-order valence-electron chi connectivity index (χ1n) is 6.64. The van der Waals surface area contributed by atoms with Crippen molar-refractivity contribution in [3.8, 4) is 11.6 Å². The second kappa shape index (κ2) is 4.62. The molecule has 2 aliphatic heterocycles. The van der Waals surface area contributed by atoms with Gasteiger partial charge in [-0.3, -0.25) is 4.79 Å². The second-order valence-electron chi connectivity index (χ2n) is 5.16. The summed E-state index contributed by atoms with van der Waals surface area (Å²) in [4.78, 5) is 11.9. The van der Waals surface area contributed by atoms with E-state index in [9.17, 15) is 4.79 Å². The van der Waals surface area contributed by atoms with Crippen molar-refractivity contribution in [2.24, 2.45) is 7.05 Å². The van der Waals surface area contributed by atoms with E-state index in [2.05, 4.69) is 5.10 Å². The number of rotatable bonds is 2. The molecule has 21 heavy (non-hydrogen) atoms. The Morgan fingerprint density at radius 1 is 1.48 bits per heavy atom. The van der Waals surface area contributed by atoms with Crippen molar-refractivity contribution in [2.75, 3.05) is 6.61 Å². The Morgan fingerprint density at radius 2 is 2.33 bits per heavy atom. The fourth-order valence-electron chi connectivity index (χ4n) is 2.76. The molecule has 8 heteroatoms. The van der Waals surface area contributed by atoms with Gasteiger partial charge in [-0.1, -0.05) is 0 Å². The zero-order chi connectivity index (χ0) is 14.6. The summed E-state index contributed by atoms with van der Waals surface area (Å²) in [6, 6.07) is 3.37. The van der Waals surface area contributed by atoms with Gasteiger partial charge in [-0.15, -0.1) is 5.10 Å². The molecular weight excluding hydrogens is 294 g/mol. The molecule has 2 fully saturated rings. The summed E-state index contributed by atoms with van der Waals surface area (Å²) in [5, 5.41) is 4.52. The number of furan rings is 1. The van der Waals surface area contributed by atoms with Gasteiger partial charge in [0.15, 0.2) is 22.1 Å². The first-order valence-corrected chi connectivity index (χ1v) is 7.05. The average Bonchev–Trinajstić information content (AvgIpc) is 3.18. The first-order chi connectivity index (χ1) is 10.1. The molecule has 2 bridgehead atoms. The third kappa shape index (κ3) is 1.90. The lowest BCUT2D eigenvalue weighted by Crippen LogP contribution is -2.37. The molecule has 2 saturated heterocycles. The SMILES string of the molecule is Cn1c(-c2ccco2)nn([C@H]2CC(=O)[C@H]3OC[C@@H]2O3)c1=S. The first kappa shape index (κ1) is 12.9. The van der Waals surface area contributed by atoms with Gasteiger partial charge < -0.3 is 18.5 Å². The Balaban J connectivity index is 1.77. The Labute approximate surface area is 125 Å². The Hall–Kier alpha value is -1.77. The molecule has 3 atom stereocenters. The summed E-state index contributed by atoms with van der Waals surface area (Å²) < 4.78 is 20.2. The molecule has 0 N–H and O–H groups in total. The maximum absolute atomic E-state index is 11.9. The molecule has 0 aromatic carbocycles. The van der Waals surface area contributed by atoms with Crippen LogP contribution in [0.4, 0.5) is 0 Å². The summed E-state index contributed by atoms with van der Waals surface area (Å²) in [5.41, 5.74) is 0. The lowest BCUT2D eigenvalue weighted by atomic mass is 10.0. The zero-order valence-corrected chi connectivity index (χ0v) is 12.1. The van der Waals surface area contributed by atoms with E-state index in [4.69, 9.17) is 26.1 Å². The summed E-state index contributed by atoms with van der Waals surface area (Å²) in [6.45, 7) is 0.384. The van der Waals surface area contributed by atoms with Crippen molar-refractivity contribution >= 4 is 18.0 Å². The molecule has 0 saturated carbocycles. The number of ether oxygens (including phenoxy) is 2. The number of fused-ring (bicyclic) bond motifs is 2. The van der Waals surface area contributed by atoms with Crippen LogP contribution in [0.2, 0.25) is 0 Å². The largest absolute Gasteiger partial charge is 0.461 e. The van der Waals surface area contributed by atoms with Crippen LogP contribution in [0.15, 0.2) is 22.8 Å². The van der Waals surface area contributed by atoms with Crippen LogP contribution in [0.1, 0.15) is 12.5 Å². The highest BCUT2D eigenvalue weighted by Crippen LogP contribution is 2.33. The minimum Gasteiger partial charge on any atom is -0.461 e. The summed E-state index contributed by atoms with van der Waals surface area (Å²) in [5.74, 6) is 1.19. The second-order valence-corrected chi connectivity index (χ2v) is 5.53. The van der Waals surface area contributed by atoms with Gasteiger partial charge in [0.2, 0.25) is 6.29 Å². The van der Waals surface area contributed by atoms with Gasteiger partial charge in [-0.2, -0.15) is 0 Å². The molecule has 0 aliphatic carbocycles. The highest BCUT2D eigenvalue weighted by atomic mass is 32.1. The topological polar surface area (TPSA) is 71.4 Å². The van der Waals surface area contributed by atoms with Crippen LogP contribution in [0.25, 0.3) is 11.6 Å². The van der Waals surface area contributed by atoms with Crippen molar-refractivity contribution in [1.29, 1.82) is 0 Å². The average molecular weight is 307 g/mol. The van der Waals surface area contributed by atoms with Gasteiger partial charge in [0.25, 0.3) is 0 Å². The lowest BCUT2D eigenvalue weighted by Gasteiger charge is -2.26. The van der Waals surface area contributed by atoms with Crippen molar-refractivity contribution < 1.29 is 18.7 Å². The molecule has 4 rings (SSSR count). The van der Waals surface area contributed by atoms with Crippen LogP contribution >= 0.6 is 12.2 Å². The van der Waals surface area contributed by atoms with Gasteiger partial charge in [0, 0.05) is 13.5 Å². The molecule has 2 aromatic heterocycles.